The molecule has 0 saturated carbocycles. The van der Waals surface area contributed by atoms with Crippen LogP contribution in [0.25, 0.3) is 0 Å². The molecule has 0 saturated heterocycles. The van der Waals surface area contributed by atoms with Crippen molar-refractivity contribution in [2.24, 2.45) is 0 Å². The number of Topliss-reactive ketones (excluding diaryl/α,β-unsaturated/α-hetero) is 1. The van der Waals surface area contributed by atoms with E-state index in [9.17, 15) is 18.0 Å². The molecule has 0 amide bonds. The molecular weight excluding hydrogens is 406 g/mol. The van der Waals surface area contributed by atoms with E-state index in [1.807, 2.05) is 26.8 Å². The predicted molar refractivity (Wildman–Crippen MR) is 114 cm³/mol. The van der Waals surface area contributed by atoms with Crippen molar-refractivity contribution in [2.75, 3.05) is 13.7 Å². The van der Waals surface area contributed by atoms with Gasteiger partial charge in [0.05, 0.1) is 12.7 Å². The van der Waals surface area contributed by atoms with Crippen molar-refractivity contribution < 1.29 is 27.5 Å². The maximum Gasteiger partial charge on any atom is 0.338 e. The number of sulfonamides is 1. The van der Waals surface area contributed by atoms with Crippen molar-refractivity contribution in [3.8, 4) is 5.75 Å². The zero-order chi connectivity index (χ0) is 22.6. The highest BCUT2D eigenvalue weighted by molar-refractivity contribution is 7.89. The second-order valence-corrected chi connectivity index (χ2v) is 9.07. The molecule has 30 heavy (non-hydrogen) atoms. The Labute approximate surface area is 177 Å². The Bertz CT molecular complexity index is 1070. The van der Waals surface area contributed by atoms with Crippen LogP contribution >= 0.6 is 0 Å². The highest BCUT2D eigenvalue weighted by Crippen LogP contribution is 2.25. The third kappa shape index (κ3) is 5.46. The van der Waals surface area contributed by atoms with E-state index in [4.69, 9.17) is 9.47 Å². The first-order valence-electron chi connectivity index (χ1n) is 9.44. The van der Waals surface area contributed by atoms with Crippen molar-refractivity contribution in [2.45, 2.75) is 45.6 Å². The van der Waals surface area contributed by atoms with Crippen LogP contribution in [-0.4, -0.2) is 39.9 Å². The molecular formula is C22H27NO6S. The number of rotatable bonds is 8. The van der Waals surface area contributed by atoms with E-state index in [0.717, 1.165) is 16.7 Å². The Kier molecular flexibility index (Phi) is 7.39. The van der Waals surface area contributed by atoms with E-state index in [0.29, 0.717) is 5.56 Å². The number of benzene rings is 2. The van der Waals surface area contributed by atoms with Crippen molar-refractivity contribution in [3.63, 3.8) is 0 Å². The van der Waals surface area contributed by atoms with Crippen molar-refractivity contribution in [1.82, 2.24) is 4.72 Å². The second-order valence-electron chi connectivity index (χ2n) is 7.39. The second kappa shape index (κ2) is 9.40. The summed E-state index contributed by atoms with van der Waals surface area (Å²) in [6.45, 7) is 8.61. The average molecular weight is 434 g/mol. The van der Waals surface area contributed by atoms with Crippen LogP contribution < -0.4 is 9.46 Å². The Hall–Kier alpha value is -2.71. The molecule has 0 radical (unpaired) electrons. The van der Waals surface area contributed by atoms with Crippen molar-refractivity contribution in [3.05, 3.63) is 58.1 Å². The summed E-state index contributed by atoms with van der Waals surface area (Å²) in [7, 11) is -2.56. The Balaban J connectivity index is 2.23. The van der Waals surface area contributed by atoms with Crippen LogP contribution in [0.2, 0.25) is 0 Å². The predicted octanol–water partition coefficient (Wildman–Crippen LogP) is 3.35. The van der Waals surface area contributed by atoms with Crippen LogP contribution in [-0.2, 0) is 14.8 Å². The largest absolute Gasteiger partial charge is 0.495 e. The van der Waals surface area contributed by atoms with E-state index in [2.05, 4.69) is 4.72 Å². The molecule has 162 valence electrons. The number of ketones is 1. The highest BCUT2D eigenvalue weighted by atomic mass is 32.2. The van der Waals surface area contributed by atoms with E-state index in [1.165, 1.54) is 25.3 Å². The molecule has 0 aliphatic carbocycles. The van der Waals surface area contributed by atoms with Gasteiger partial charge in [-0.15, -0.1) is 0 Å². The molecule has 0 fully saturated rings. The van der Waals surface area contributed by atoms with Crippen LogP contribution in [0.5, 0.6) is 5.75 Å². The number of ether oxygens (including phenoxy) is 2. The molecule has 0 atom stereocenters. The molecule has 0 heterocycles. The number of hydrogen-bond donors (Lipinski definition) is 1. The number of esters is 1. The molecule has 7 nitrogen and oxygen atoms in total. The molecule has 1 N–H and O–H groups in total. The molecule has 2 rings (SSSR count). The van der Waals surface area contributed by atoms with Gasteiger partial charge in [-0.2, -0.15) is 0 Å². The van der Waals surface area contributed by atoms with Gasteiger partial charge in [0.25, 0.3) is 0 Å². The SMILES string of the molecule is COc1ccc(C(=O)OCC(=O)c2cc(C)c(C)cc2C)cc1S(=O)(=O)NC(C)C. The van der Waals surface area contributed by atoms with Gasteiger partial charge in [-0.25, -0.2) is 17.9 Å². The summed E-state index contributed by atoms with van der Waals surface area (Å²) in [5.74, 6) is -1.03. The van der Waals surface area contributed by atoms with Gasteiger partial charge in [-0.1, -0.05) is 6.07 Å². The number of carbonyl (C=O) groups excluding carboxylic acids is 2. The van der Waals surface area contributed by atoms with E-state index in [-0.39, 0.29) is 28.0 Å². The van der Waals surface area contributed by atoms with Crippen LogP contribution in [0.4, 0.5) is 0 Å². The molecule has 0 aliphatic heterocycles. The van der Waals surface area contributed by atoms with Gasteiger partial charge in [0, 0.05) is 11.6 Å². The molecule has 0 aliphatic rings. The number of methoxy groups -OCH3 is 1. The molecule has 2 aromatic carbocycles. The van der Waals surface area contributed by atoms with Gasteiger partial charge in [0.2, 0.25) is 15.8 Å². The first-order chi connectivity index (χ1) is 14.0. The summed E-state index contributed by atoms with van der Waals surface area (Å²) in [5.41, 5.74) is 3.34. The first-order valence-corrected chi connectivity index (χ1v) is 10.9. The summed E-state index contributed by atoms with van der Waals surface area (Å²) >= 11 is 0. The van der Waals surface area contributed by atoms with Gasteiger partial charge in [0.1, 0.15) is 10.6 Å². The third-order valence-corrected chi connectivity index (χ3v) is 6.23. The van der Waals surface area contributed by atoms with E-state index in [1.54, 1.807) is 19.9 Å². The van der Waals surface area contributed by atoms with E-state index >= 15 is 0 Å². The number of aryl methyl sites for hydroxylation is 3. The minimum atomic E-state index is -3.90. The summed E-state index contributed by atoms with van der Waals surface area (Å²) < 4.78 is 37.8. The lowest BCUT2D eigenvalue weighted by Crippen LogP contribution is -2.30. The average Bonchev–Trinajstić information content (AvgIpc) is 2.67. The number of nitrogens with one attached hydrogen (secondary N) is 1. The molecule has 8 heteroatoms. The molecule has 0 bridgehead atoms. The Morgan fingerprint density at radius 3 is 2.23 bits per heavy atom. The minimum absolute atomic E-state index is 0.00420. The molecule has 0 aromatic heterocycles. The lowest BCUT2D eigenvalue weighted by atomic mass is 9.98. The Morgan fingerprint density at radius 2 is 1.63 bits per heavy atom. The lowest BCUT2D eigenvalue weighted by molar-refractivity contribution is 0.0474. The summed E-state index contributed by atoms with van der Waals surface area (Å²) in [5, 5.41) is 0. The fourth-order valence-electron chi connectivity index (χ4n) is 2.94. The quantitative estimate of drug-likeness (QED) is 0.506. The minimum Gasteiger partial charge on any atom is -0.495 e. The van der Waals surface area contributed by atoms with E-state index < -0.39 is 22.6 Å². The van der Waals surface area contributed by atoms with Gasteiger partial charge in [0.15, 0.2) is 6.61 Å². The van der Waals surface area contributed by atoms with Crippen LogP contribution in [0, 0.1) is 20.8 Å². The van der Waals surface area contributed by atoms with Crippen LogP contribution in [0.3, 0.4) is 0 Å². The maximum absolute atomic E-state index is 12.5. The maximum atomic E-state index is 12.5. The standard InChI is InChI=1S/C22H27NO6S/c1-13(2)23-30(26,27)21-11-17(7-8-20(21)28-6)22(25)29-12-19(24)18-10-15(4)14(3)9-16(18)5/h7-11,13,23H,12H2,1-6H3. The van der Waals surface area contributed by atoms with Crippen molar-refractivity contribution >= 4 is 21.8 Å². The Morgan fingerprint density at radius 1 is 1.00 bits per heavy atom. The fourth-order valence-corrected chi connectivity index (χ4v) is 4.39. The lowest BCUT2D eigenvalue weighted by Gasteiger charge is -2.14. The molecule has 2 aromatic rings. The summed E-state index contributed by atoms with van der Waals surface area (Å²) in [6, 6.07) is 7.29. The smallest absolute Gasteiger partial charge is 0.338 e. The fraction of sp³-hybridized carbons (Fsp3) is 0.364. The van der Waals surface area contributed by atoms with Crippen LogP contribution in [0.15, 0.2) is 35.2 Å². The number of carbonyl (C=O) groups is 2. The topological polar surface area (TPSA) is 98.8 Å². The van der Waals surface area contributed by atoms with Gasteiger partial charge in [-0.3, -0.25) is 4.79 Å². The zero-order valence-electron chi connectivity index (χ0n) is 18.0. The normalized spacial score (nSPS) is 11.4. The first kappa shape index (κ1) is 23.6. The third-order valence-electron chi connectivity index (χ3n) is 4.56. The summed E-state index contributed by atoms with van der Waals surface area (Å²) in [6.07, 6.45) is 0. The highest BCUT2D eigenvalue weighted by Gasteiger charge is 2.23. The van der Waals surface area contributed by atoms with Gasteiger partial charge < -0.3 is 9.47 Å². The van der Waals surface area contributed by atoms with Crippen molar-refractivity contribution in [1.29, 1.82) is 0 Å². The number of hydrogen-bond acceptors (Lipinski definition) is 6. The van der Waals surface area contributed by atoms with Gasteiger partial charge in [-0.05, 0) is 75.6 Å². The monoisotopic (exact) mass is 433 g/mol. The zero-order valence-corrected chi connectivity index (χ0v) is 18.8. The molecule has 0 unspecified atom stereocenters. The van der Waals surface area contributed by atoms with Gasteiger partial charge >= 0.3 is 5.97 Å². The summed E-state index contributed by atoms with van der Waals surface area (Å²) in [4.78, 5) is 24.8. The van der Waals surface area contributed by atoms with Crippen LogP contribution in [0.1, 0.15) is 51.3 Å². The molecule has 0 spiro atoms.